The molecule has 0 spiro atoms. The average Bonchev–Trinajstić information content (AvgIpc) is 2.62. The molecule has 1 aliphatic carbocycles. The van der Waals surface area contributed by atoms with Crippen LogP contribution in [0.4, 0.5) is 0 Å². The van der Waals surface area contributed by atoms with Crippen LogP contribution in [0.25, 0.3) is 0 Å². The van der Waals surface area contributed by atoms with Gasteiger partial charge in [-0.25, -0.2) is 0 Å². The van der Waals surface area contributed by atoms with Gasteiger partial charge in [0.25, 0.3) is 0 Å². The van der Waals surface area contributed by atoms with Crippen LogP contribution in [0.15, 0.2) is 24.0 Å². The van der Waals surface area contributed by atoms with Crippen LogP contribution in [0.1, 0.15) is 34.1 Å². The number of ether oxygens (including phenoxy) is 1. The Balaban J connectivity index is 2.37. The fourth-order valence-corrected chi connectivity index (χ4v) is 3.33. The van der Waals surface area contributed by atoms with Gasteiger partial charge in [-0.3, -0.25) is 4.79 Å². The third-order valence-corrected chi connectivity index (χ3v) is 4.39. The van der Waals surface area contributed by atoms with Gasteiger partial charge in [0, 0.05) is 17.8 Å². The fourth-order valence-electron chi connectivity index (χ4n) is 3.33. The van der Waals surface area contributed by atoms with E-state index < -0.39 is 0 Å². The van der Waals surface area contributed by atoms with Crippen molar-refractivity contribution in [2.75, 3.05) is 0 Å². The highest BCUT2D eigenvalue weighted by molar-refractivity contribution is 5.89. The summed E-state index contributed by atoms with van der Waals surface area (Å²) in [4.78, 5) is 12.5. The van der Waals surface area contributed by atoms with E-state index in [1.165, 1.54) is 0 Å². The molecule has 2 nitrogen and oxygen atoms in total. The predicted octanol–water partition coefficient (Wildman–Crippen LogP) is 3.34. The maximum absolute atomic E-state index is 12.5. The number of carbonyl (C=O) groups is 1. The monoisotopic (exact) mass is 234 g/mol. The lowest BCUT2D eigenvalue weighted by molar-refractivity contribution is -0.125. The van der Waals surface area contributed by atoms with Crippen LogP contribution in [0, 0.1) is 23.7 Å². The lowest BCUT2D eigenvalue weighted by Crippen LogP contribution is -2.32. The van der Waals surface area contributed by atoms with Gasteiger partial charge in [0.05, 0.1) is 6.10 Å². The summed E-state index contributed by atoms with van der Waals surface area (Å²) in [7, 11) is 0. The van der Waals surface area contributed by atoms with Gasteiger partial charge >= 0.3 is 0 Å². The Morgan fingerprint density at radius 2 is 2.12 bits per heavy atom. The molecule has 0 aromatic carbocycles. The van der Waals surface area contributed by atoms with Crippen molar-refractivity contribution in [1.29, 1.82) is 0 Å². The lowest BCUT2D eigenvalue weighted by atomic mass is 9.83. The fraction of sp³-hybridized carbons (Fsp3) is 0.667. The van der Waals surface area contributed by atoms with E-state index in [9.17, 15) is 4.79 Å². The minimum absolute atomic E-state index is 0.0687. The van der Waals surface area contributed by atoms with Crippen molar-refractivity contribution in [3.8, 4) is 0 Å². The Labute approximate surface area is 104 Å². The molecule has 4 atom stereocenters. The van der Waals surface area contributed by atoms with Crippen LogP contribution >= 0.6 is 0 Å². The first kappa shape index (κ1) is 12.4. The summed E-state index contributed by atoms with van der Waals surface area (Å²) in [5.41, 5.74) is 1.08. The number of fused-ring (bicyclic) bond motifs is 1. The Bertz CT molecular complexity index is 378. The number of allylic oxidation sites excluding steroid dienone is 2. The van der Waals surface area contributed by atoms with Crippen molar-refractivity contribution in [2.24, 2.45) is 23.7 Å². The van der Waals surface area contributed by atoms with Crippen LogP contribution in [-0.4, -0.2) is 11.9 Å². The molecule has 0 N–H and O–H groups in total. The number of hydrogen-bond acceptors (Lipinski definition) is 2. The number of hydrogen-bond donors (Lipinski definition) is 0. The summed E-state index contributed by atoms with van der Waals surface area (Å²) in [6.45, 7) is 12.1. The van der Waals surface area contributed by atoms with Gasteiger partial charge in [0.2, 0.25) is 0 Å². The van der Waals surface area contributed by atoms with Crippen molar-refractivity contribution in [2.45, 2.75) is 40.2 Å². The number of carbonyl (C=O) groups excluding carboxylic acids is 1. The zero-order chi connectivity index (χ0) is 12.7. The first-order valence-corrected chi connectivity index (χ1v) is 6.51. The van der Waals surface area contributed by atoms with Gasteiger partial charge in [0.1, 0.15) is 11.5 Å². The van der Waals surface area contributed by atoms with E-state index in [4.69, 9.17) is 4.74 Å². The second-order valence-electron chi connectivity index (χ2n) is 5.70. The Morgan fingerprint density at radius 3 is 2.65 bits per heavy atom. The maximum Gasteiger partial charge on any atom is 0.143 e. The molecule has 1 saturated carbocycles. The third kappa shape index (κ3) is 1.84. The van der Waals surface area contributed by atoms with E-state index >= 15 is 0 Å². The van der Waals surface area contributed by atoms with E-state index in [1.807, 2.05) is 6.92 Å². The number of rotatable bonds is 2. The van der Waals surface area contributed by atoms with Gasteiger partial charge in [-0.15, -0.1) is 0 Å². The SMILES string of the molecule is C=CC1=C(C)[C@H]2C(=O)[C@@H](C(C)C)C[C@H]2[C@@H](C)O1. The normalized spacial score (nSPS) is 37.1. The molecule has 0 amide bonds. The summed E-state index contributed by atoms with van der Waals surface area (Å²) in [6, 6.07) is 0. The van der Waals surface area contributed by atoms with Gasteiger partial charge < -0.3 is 4.74 Å². The summed E-state index contributed by atoms with van der Waals surface area (Å²) < 4.78 is 5.85. The zero-order valence-electron chi connectivity index (χ0n) is 11.2. The molecule has 2 rings (SSSR count). The van der Waals surface area contributed by atoms with Crippen molar-refractivity contribution in [1.82, 2.24) is 0 Å². The predicted molar refractivity (Wildman–Crippen MR) is 68.4 cm³/mol. The van der Waals surface area contributed by atoms with Gasteiger partial charge in [-0.2, -0.15) is 0 Å². The molecular formula is C15H22O2. The molecule has 2 heteroatoms. The molecule has 1 fully saturated rings. The lowest BCUT2D eigenvalue weighted by Gasteiger charge is -2.33. The number of Topliss-reactive ketones (excluding diaryl/α,β-unsaturated/α-hetero) is 1. The van der Waals surface area contributed by atoms with E-state index in [-0.39, 0.29) is 17.9 Å². The molecule has 0 aromatic rings. The zero-order valence-corrected chi connectivity index (χ0v) is 11.2. The third-order valence-electron chi connectivity index (χ3n) is 4.39. The first-order chi connectivity index (χ1) is 7.97. The van der Waals surface area contributed by atoms with Crippen LogP contribution < -0.4 is 0 Å². The second kappa shape index (κ2) is 4.32. The molecular weight excluding hydrogens is 212 g/mol. The highest BCUT2D eigenvalue weighted by Gasteiger charge is 2.49. The quantitative estimate of drug-likeness (QED) is 0.732. The van der Waals surface area contributed by atoms with E-state index in [0.29, 0.717) is 17.6 Å². The van der Waals surface area contributed by atoms with Gasteiger partial charge in [0.15, 0.2) is 0 Å². The minimum Gasteiger partial charge on any atom is -0.490 e. The Hall–Kier alpha value is -1.05. The van der Waals surface area contributed by atoms with Gasteiger partial charge in [-0.05, 0) is 37.8 Å². The molecule has 0 radical (unpaired) electrons. The summed E-state index contributed by atoms with van der Waals surface area (Å²) in [6.07, 6.45) is 2.84. The molecule has 1 aliphatic heterocycles. The maximum atomic E-state index is 12.5. The van der Waals surface area contributed by atoms with Crippen LogP contribution in [-0.2, 0) is 9.53 Å². The van der Waals surface area contributed by atoms with E-state index in [0.717, 1.165) is 17.8 Å². The molecule has 17 heavy (non-hydrogen) atoms. The van der Waals surface area contributed by atoms with Crippen LogP contribution in [0.2, 0.25) is 0 Å². The first-order valence-electron chi connectivity index (χ1n) is 6.51. The van der Waals surface area contributed by atoms with Crippen LogP contribution in [0.5, 0.6) is 0 Å². The minimum atomic E-state index is 0.0687. The van der Waals surface area contributed by atoms with E-state index in [1.54, 1.807) is 6.08 Å². The smallest absolute Gasteiger partial charge is 0.143 e. The second-order valence-corrected chi connectivity index (χ2v) is 5.70. The van der Waals surface area contributed by atoms with E-state index in [2.05, 4.69) is 27.4 Å². The van der Waals surface area contributed by atoms with Crippen molar-refractivity contribution in [3.63, 3.8) is 0 Å². The van der Waals surface area contributed by atoms with Gasteiger partial charge in [-0.1, -0.05) is 20.4 Å². The highest BCUT2D eigenvalue weighted by atomic mass is 16.5. The van der Waals surface area contributed by atoms with Crippen molar-refractivity contribution in [3.05, 3.63) is 24.0 Å². The molecule has 0 aromatic heterocycles. The molecule has 0 bridgehead atoms. The molecule has 2 aliphatic rings. The molecule has 0 saturated heterocycles. The Morgan fingerprint density at radius 1 is 1.47 bits per heavy atom. The molecule has 1 heterocycles. The molecule has 0 unspecified atom stereocenters. The summed E-state index contributed by atoms with van der Waals surface area (Å²) in [5.74, 6) is 2.29. The number of ketones is 1. The summed E-state index contributed by atoms with van der Waals surface area (Å²) >= 11 is 0. The highest BCUT2D eigenvalue weighted by Crippen LogP contribution is 2.47. The van der Waals surface area contributed by atoms with Crippen LogP contribution in [0.3, 0.4) is 0 Å². The molecule has 94 valence electrons. The Kier molecular flexibility index (Phi) is 3.15. The average molecular weight is 234 g/mol. The summed E-state index contributed by atoms with van der Waals surface area (Å²) in [5, 5.41) is 0. The topological polar surface area (TPSA) is 26.3 Å². The van der Waals surface area contributed by atoms with Crippen molar-refractivity contribution < 1.29 is 9.53 Å². The largest absolute Gasteiger partial charge is 0.490 e. The van der Waals surface area contributed by atoms with Crippen molar-refractivity contribution >= 4 is 5.78 Å². The standard InChI is InChI=1S/C15H22O2/c1-6-13-9(4)14-12(10(5)17-13)7-11(8(2)3)15(14)16/h6,8,10-12,14H,1,7H2,2-5H3/t10-,11-,12+,14-/m1/s1.